The SMILES string of the molecule is Fc1ccc(S)cc1.[H-].[Li+]. The minimum Gasteiger partial charge on any atom is -1.00 e. The van der Waals surface area contributed by atoms with Crippen LogP contribution in [0.4, 0.5) is 4.39 Å². The summed E-state index contributed by atoms with van der Waals surface area (Å²) in [5.74, 6) is -0.220. The van der Waals surface area contributed by atoms with Crippen LogP contribution in [0.15, 0.2) is 29.2 Å². The van der Waals surface area contributed by atoms with Gasteiger partial charge in [-0.2, -0.15) is 0 Å². The molecule has 0 radical (unpaired) electrons. The van der Waals surface area contributed by atoms with Crippen molar-refractivity contribution in [2.45, 2.75) is 4.90 Å². The van der Waals surface area contributed by atoms with Gasteiger partial charge in [-0.15, -0.1) is 12.6 Å². The molecule has 0 N–H and O–H groups in total. The number of rotatable bonds is 0. The molecule has 0 nitrogen and oxygen atoms in total. The maximum Gasteiger partial charge on any atom is 1.00 e. The van der Waals surface area contributed by atoms with Gasteiger partial charge in [-0.3, -0.25) is 0 Å². The van der Waals surface area contributed by atoms with Crippen LogP contribution in [0.5, 0.6) is 0 Å². The Bertz CT molecular complexity index is 157. The molecule has 0 aliphatic heterocycles. The molecule has 0 saturated carbocycles. The number of halogens is 1. The van der Waals surface area contributed by atoms with Crippen LogP contribution in [-0.4, -0.2) is 0 Å². The van der Waals surface area contributed by atoms with E-state index in [4.69, 9.17) is 0 Å². The van der Waals surface area contributed by atoms with E-state index < -0.39 is 0 Å². The van der Waals surface area contributed by atoms with Crippen molar-refractivity contribution >= 4 is 12.6 Å². The van der Waals surface area contributed by atoms with Crippen LogP contribution in [0, 0.1) is 5.82 Å². The van der Waals surface area contributed by atoms with E-state index in [1.807, 2.05) is 0 Å². The molecule has 44 valence electrons. The average molecular weight is 136 g/mol. The summed E-state index contributed by atoms with van der Waals surface area (Å²) in [5.41, 5.74) is 0. The Morgan fingerprint density at radius 3 is 2.00 bits per heavy atom. The van der Waals surface area contributed by atoms with Gasteiger partial charge in [0.15, 0.2) is 0 Å². The Morgan fingerprint density at radius 2 is 1.67 bits per heavy atom. The van der Waals surface area contributed by atoms with Crippen molar-refractivity contribution in [2.75, 3.05) is 0 Å². The van der Waals surface area contributed by atoms with Crippen molar-refractivity contribution in [3.63, 3.8) is 0 Å². The monoisotopic (exact) mass is 136 g/mol. The first-order valence-corrected chi connectivity index (χ1v) is 2.68. The number of benzene rings is 1. The third-order valence-electron chi connectivity index (χ3n) is 0.827. The molecular formula is C6H6FLiS. The van der Waals surface area contributed by atoms with Crippen LogP contribution in [0.1, 0.15) is 1.43 Å². The topological polar surface area (TPSA) is 0 Å². The third-order valence-corrected chi connectivity index (χ3v) is 1.12. The van der Waals surface area contributed by atoms with Crippen LogP contribution in [-0.2, 0) is 0 Å². The number of thiol groups is 1. The molecule has 0 unspecified atom stereocenters. The quantitative estimate of drug-likeness (QED) is 0.351. The Kier molecular flexibility index (Phi) is 4.04. The van der Waals surface area contributed by atoms with E-state index in [1.54, 1.807) is 12.1 Å². The van der Waals surface area contributed by atoms with Gasteiger partial charge in [-0.1, -0.05) is 0 Å². The predicted octanol–water partition coefficient (Wildman–Crippen LogP) is -0.769. The van der Waals surface area contributed by atoms with Gasteiger partial charge in [0.2, 0.25) is 0 Å². The van der Waals surface area contributed by atoms with Gasteiger partial charge >= 0.3 is 18.9 Å². The Labute approximate surface area is 72.5 Å². The summed E-state index contributed by atoms with van der Waals surface area (Å²) in [6, 6.07) is 5.97. The van der Waals surface area contributed by atoms with Gasteiger partial charge in [0, 0.05) is 4.90 Å². The summed E-state index contributed by atoms with van der Waals surface area (Å²) < 4.78 is 12.1. The van der Waals surface area contributed by atoms with Gasteiger partial charge in [0.1, 0.15) is 5.82 Å². The van der Waals surface area contributed by atoms with E-state index in [0.717, 1.165) is 4.90 Å². The zero-order valence-electron chi connectivity index (χ0n) is 6.13. The van der Waals surface area contributed by atoms with E-state index in [9.17, 15) is 4.39 Å². The molecule has 1 aromatic carbocycles. The fourth-order valence-electron chi connectivity index (χ4n) is 0.441. The Hall–Kier alpha value is 0.0974. The van der Waals surface area contributed by atoms with Crippen molar-refractivity contribution in [1.82, 2.24) is 0 Å². The third kappa shape index (κ3) is 2.95. The first-order chi connectivity index (χ1) is 3.79. The fourth-order valence-corrected chi connectivity index (χ4v) is 0.590. The second-order valence-corrected chi connectivity index (χ2v) is 1.99. The van der Waals surface area contributed by atoms with E-state index >= 15 is 0 Å². The van der Waals surface area contributed by atoms with E-state index in [0.29, 0.717) is 0 Å². The van der Waals surface area contributed by atoms with Crippen LogP contribution in [0.2, 0.25) is 0 Å². The standard InChI is InChI=1S/C6H5FS.Li.H/c7-5-1-3-6(8)4-2-5;;/h1-4,8H;;/q;+1;-1. The molecule has 0 bridgehead atoms. The minimum atomic E-state index is -0.220. The predicted molar refractivity (Wildman–Crippen MR) is 34.8 cm³/mol. The summed E-state index contributed by atoms with van der Waals surface area (Å²) in [5, 5.41) is 0. The first-order valence-electron chi connectivity index (χ1n) is 2.23. The molecule has 0 atom stereocenters. The molecule has 0 spiro atoms. The fraction of sp³-hybridized carbons (Fsp3) is 0. The van der Waals surface area contributed by atoms with Crippen molar-refractivity contribution in [2.24, 2.45) is 0 Å². The first kappa shape index (κ1) is 9.10. The van der Waals surface area contributed by atoms with Gasteiger partial charge in [0.25, 0.3) is 0 Å². The summed E-state index contributed by atoms with van der Waals surface area (Å²) in [6.45, 7) is 0. The minimum absolute atomic E-state index is 0. The van der Waals surface area contributed by atoms with Crippen LogP contribution in [0.25, 0.3) is 0 Å². The van der Waals surface area contributed by atoms with Gasteiger partial charge in [0.05, 0.1) is 0 Å². The summed E-state index contributed by atoms with van der Waals surface area (Å²) in [7, 11) is 0. The van der Waals surface area contributed by atoms with Crippen molar-refractivity contribution < 1.29 is 24.7 Å². The molecule has 0 aliphatic rings. The number of hydrogen-bond donors (Lipinski definition) is 1. The zero-order valence-corrected chi connectivity index (χ0v) is 6.03. The van der Waals surface area contributed by atoms with E-state index in [-0.39, 0.29) is 26.1 Å². The van der Waals surface area contributed by atoms with E-state index in [2.05, 4.69) is 12.6 Å². The van der Waals surface area contributed by atoms with Crippen molar-refractivity contribution in [1.29, 1.82) is 0 Å². The second kappa shape index (κ2) is 4.00. The molecule has 0 fully saturated rings. The van der Waals surface area contributed by atoms with Crippen LogP contribution in [0.3, 0.4) is 0 Å². The molecule has 1 rings (SSSR count). The molecular weight excluding hydrogens is 130 g/mol. The number of hydrogen-bond acceptors (Lipinski definition) is 1. The molecule has 1 aromatic rings. The van der Waals surface area contributed by atoms with Crippen LogP contribution >= 0.6 is 12.6 Å². The van der Waals surface area contributed by atoms with Crippen molar-refractivity contribution in [3.8, 4) is 0 Å². The van der Waals surface area contributed by atoms with Crippen LogP contribution < -0.4 is 18.9 Å². The Balaban J connectivity index is 0. The van der Waals surface area contributed by atoms with Gasteiger partial charge in [-0.05, 0) is 24.3 Å². The molecule has 0 saturated heterocycles. The second-order valence-electron chi connectivity index (χ2n) is 1.48. The zero-order chi connectivity index (χ0) is 5.98. The molecule has 0 aromatic heterocycles. The molecule has 3 heteroatoms. The molecule has 9 heavy (non-hydrogen) atoms. The van der Waals surface area contributed by atoms with Crippen molar-refractivity contribution in [3.05, 3.63) is 30.1 Å². The molecule has 0 heterocycles. The normalized spacial score (nSPS) is 8.22. The summed E-state index contributed by atoms with van der Waals surface area (Å²) in [4.78, 5) is 0.784. The maximum absolute atomic E-state index is 12.1. The molecule has 0 aliphatic carbocycles. The average Bonchev–Trinajstić information content (AvgIpc) is 1.77. The largest absolute Gasteiger partial charge is 1.00 e. The van der Waals surface area contributed by atoms with Gasteiger partial charge in [-0.25, -0.2) is 4.39 Å². The maximum atomic E-state index is 12.1. The van der Waals surface area contributed by atoms with E-state index in [1.165, 1.54) is 12.1 Å². The summed E-state index contributed by atoms with van der Waals surface area (Å²) in [6.07, 6.45) is 0. The van der Waals surface area contributed by atoms with Gasteiger partial charge < -0.3 is 1.43 Å². The molecule has 0 amide bonds. The smallest absolute Gasteiger partial charge is 1.00 e. The Morgan fingerprint density at radius 1 is 1.22 bits per heavy atom. The summed E-state index contributed by atoms with van der Waals surface area (Å²) >= 11 is 3.97.